The van der Waals surface area contributed by atoms with Crippen molar-refractivity contribution in [1.82, 2.24) is 0 Å². The molecule has 1 atom stereocenters. The number of hydrogen-bond acceptors (Lipinski definition) is 5. The molecule has 166 valence electrons. The Morgan fingerprint density at radius 1 is 0.970 bits per heavy atom. The molecule has 0 saturated carbocycles. The van der Waals surface area contributed by atoms with Crippen LogP contribution in [0.4, 0.5) is 11.4 Å². The van der Waals surface area contributed by atoms with Gasteiger partial charge in [0.05, 0.1) is 0 Å². The zero-order valence-corrected chi connectivity index (χ0v) is 18.3. The van der Waals surface area contributed by atoms with Crippen LogP contribution in [0, 0.1) is 13.8 Å². The van der Waals surface area contributed by atoms with Crippen molar-refractivity contribution in [2.75, 3.05) is 30.2 Å². The van der Waals surface area contributed by atoms with E-state index in [2.05, 4.69) is 5.32 Å². The van der Waals surface area contributed by atoms with Crippen molar-refractivity contribution in [1.29, 1.82) is 0 Å². The SMILES string of the molecule is Cc1ccc(NC(=O)CN2C(=O)C3(COc4cc5c(cc43)OCO5)c3ccccc32)c(C)c1. The lowest BCUT2D eigenvalue weighted by atomic mass is 9.77. The lowest BCUT2D eigenvalue weighted by molar-refractivity contribution is -0.124. The molecule has 0 aromatic heterocycles. The number of hydrogen-bond donors (Lipinski definition) is 1. The number of carbonyl (C=O) groups excluding carboxylic acids is 2. The topological polar surface area (TPSA) is 77.1 Å². The Kier molecular flexibility index (Phi) is 4.17. The Bertz CT molecular complexity index is 1330. The molecule has 3 aliphatic heterocycles. The van der Waals surface area contributed by atoms with Gasteiger partial charge in [-0.25, -0.2) is 0 Å². The Balaban J connectivity index is 1.36. The summed E-state index contributed by atoms with van der Waals surface area (Å²) in [5.41, 5.74) is 4.09. The molecule has 0 fully saturated rings. The second-order valence-electron chi connectivity index (χ2n) is 8.67. The second-order valence-corrected chi connectivity index (χ2v) is 8.67. The number of benzene rings is 3. The molecular formula is C26H22N2O5. The second kappa shape index (κ2) is 7.00. The zero-order valence-electron chi connectivity index (χ0n) is 18.3. The quantitative estimate of drug-likeness (QED) is 0.670. The first-order valence-corrected chi connectivity index (χ1v) is 10.8. The summed E-state index contributed by atoms with van der Waals surface area (Å²) in [7, 11) is 0. The normalized spacial score (nSPS) is 19.5. The minimum atomic E-state index is -1.02. The standard InChI is InChI=1S/C26H22N2O5/c1-15-7-8-19(16(2)9-15)27-24(29)12-28-20-6-4-3-5-17(20)26(25(28)30)13-31-21-11-23-22(10-18(21)26)32-14-33-23/h3-11H,12-14H2,1-2H3,(H,27,29). The molecule has 1 spiro atoms. The smallest absolute Gasteiger partial charge is 0.246 e. The molecule has 1 N–H and O–H groups in total. The highest BCUT2D eigenvalue weighted by Crippen LogP contribution is 2.54. The van der Waals surface area contributed by atoms with Crippen molar-refractivity contribution in [3.05, 3.63) is 76.9 Å². The molecular weight excluding hydrogens is 420 g/mol. The molecule has 33 heavy (non-hydrogen) atoms. The Morgan fingerprint density at radius 2 is 1.76 bits per heavy atom. The van der Waals surface area contributed by atoms with Crippen LogP contribution in [0.2, 0.25) is 0 Å². The number of anilines is 2. The van der Waals surface area contributed by atoms with Crippen molar-refractivity contribution in [3.63, 3.8) is 0 Å². The highest BCUT2D eigenvalue weighted by molar-refractivity contribution is 6.14. The number of carbonyl (C=O) groups is 2. The Hall–Kier alpha value is -4.00. The van der Waals surface area contributed by atoms with Gasteiger partial charge in [-0.15, -0.1) is 0 Å². The van der Waals surface area contributed by atoms with Crippen LogP contribution >= 0.6 is 0 Å². The van der Waals surface area contributed by atoms with Crippen LogP contribution in [0.25, 0.3) is 0 Å². The predicted octanol–water partition coefficient (Wildman–Crippen LogP) is 3.70. The Labute approximate surface area is 190 Å². The summed E-state index contributed by atoms with van der Waals surface area (Å²) in [6.07, 6.45) is 0. The van der Waals surface area contributed by atoms with Crippen LogP contribution in [-0.2, 0) is 15.0 Å². The molecule has 0 saturated heterocycles. The first-order valence-electron chi connectivity index (χ1n) is 10.8. The van der Waals surface area contributed by atoms with E-state index in [1.54, 1.807) is 11.0 Å². The average Bonchev–Trinajstić information content (AvgIpc) is 3.47. The maximum Gasteiger partial charge on any atom is 0.246 e. The lowest BCUT2D eigenvalue weighted by Gasteiger charge is -2.23. The fraction of sp³-hybridized carbons (Fsp3) is 0.231. The van der Waals surface area contributed by atoms with E-state index in [4.69, 9.17) is 14.2 Å². The maximum absolute atomic E-state index is 13.9. The molecule has 1 unspecified atom stereocenters. The number of ether oxygens (including phenoxy) is 3. The van der Waals surface area contributed by atoms with Crippen LogP contribution in [0.1, 0.15) is 22.3 Å². The first kappa shape index (κ1) is 19.7. The van der Waals surface area contributed by atoms with Gasteiger partial charge >= 0.3 is 0 Å². The minimum absolute atomic E-state index is 0.0925. The number of fused-ring (bicyclic) bond motifs is 5. The van der Waals surface area contributed by atoms with Gasteiger partial charge in [-0.05, 0) is 43.2 Å². The van der Waals surface area contributed by atoms with Crippen LogP contribution in [0.15, 0.2) is 54.6 Å². The van der Waals surface area contributed by atoms with Crippen molar-refractivity contribution in [3.8, 4) is 17.2 Å². The van der Waals surface area contributed by atoms with E-state index < -0.39 is 5.41 Å². The summed E-state index contributed by atoms with van der Waals surface area (Å²) in [5.74, 6) is 1.36. The van der Waals surface area contributed by atoms with E-state index in [0.717, 1.165) is 27.9 Å². The molecule has 3 aliphatic rings. The monoisotopic (exact) mass is 442 g/mol. The highest BCUT2D eigenvalue weighted by Gasteiger charge is 2.57. The fourth-order valence-electron chi connectivity index (χ4n) is 5.01. The molecule has 7 heteroatoms. The van der Waals surface area contributed by atoms with Gasteiger partial charge in [0.2, 0.25) is 18.6 Å². The van der Waals surface area contributed by atoms with E-state index in [9.17, 15) is 9.59 Å². The zero-order chi connectivity index (χ0) is 22.7. The van der Waals surface area contributed by atoms with E-state index in [-0.39, 0.29) is 31.8 Å². The van der Waals surface area contributed by atoms with Crippen LogP contribution in [-0.4, -0.2) is 31.8 Å². The van der Waals surface area contributed by atoms with E-state index >= 15 is 0 Å². The molecule has 3 aromatic carbocycles. The summed E-state index contributed by atoms with van der Waals surface area (Å²) >= 11 is 0. The lowest BCUT2D eigenvalue weighted by Crippen LogP contribution is -2.45. The molecule has 7 nitrogen and oxygen atoms in total. The fourth-order valence-corrected chi connectivity index (χ4v) is 5.01. The molecule has 3 heterocycles. The number of nitrogens with one attached hydrogen (secondary N) is 1. The number of nitrogens with zero attached hydrogens (tertiary/aromatic N) is 1. The number of rotatable bonds is 3. The highest BCUT2D eigenvalue weighted by atomic mass is 16.7. The van der Waals surface area contributed by atoms with Gasteiger partial charge in [0.1, 0.15) is 24.3 Å². The van der Waals surface area contributed by atoms with Gasteiger partial charge in [0, 0.05) is 23.0 Å². The number of aryl methyl sites for hydroxylation is 2. The predicted molar refractivity (Wildman–Crippen MR) is 122 cm³/mol. The van der Waals surface area contributed by atoms with Gasteiger partial charge in [0.25, 0.3) is 0 Å². The van der Waals surface area contributed by atoms with Gasteiger partial charge in [0.15, 0.2) is 11.5 Å². The average molecular weight is 442 g/mol. The summed E-state index contributed by atoms with van der Waals surface area (Å²) < 4.78 is 17.0. The van der Waals surface area contributed by atoms with Crippen molar-refractivity contribution in [2.24, 2.45) is 0 Å². The van der Waals surface area contributed by atoms with E-state index in [1.807, 2.05) is 62.4 Å². The number of para-hydroxylation sites is 1. The van der Waals surface area contributed by atoms with E-state index in [0.29, 0.717) is 22.9 Å². The summed E-state index contributed by atoms with van der Waals surface area (Å²) in [6.45, 7) is 4.17. The third-order valence-corrected chi connectivity index (χ3v) is 6.60. The number of amides is 2. The summed E-state index contributed by atoms with van der Waals surface area (Å²) in [6, 6.07) is 17.0. The van der Waals surface area contributed by atoms with Crippen molar-refractivity contribution in [2.45, 2.75) is 19.3 Å². The van der Waals surface area contributed by atoms with Gasteiger partial charge in [-0.1, -0.05) is 35.9 Å². The molecule has 2 amide bonds. The molecule has 3 aromatic rings. The maximum atomic E-state index is 13.9. The molecule has 6 rings (SSSR count). The molecule has 0 radical (unpaired) electrons. The van der Waals surface area contributed by atoms with Gasteiger partial charge < -0.3 is 24.4 Å². The largest absolute Gasteiger partial charge is 0.491 e. The molecule has 0 bridgehead atoms. The van der Waals surface area contributed by atoms with Crippen LogP contribution < -0.4 is 24.4 Å². The van der Waals surface area contributed by atoms with Crippen LogP contribution in [0.3, 0.4) is 0 Å². The van der Waals surface area contributed by atoms with Gasteiger partial charge in [-0.2, -0.15) is 0 Å². The van der Waals surface area contributed by atoms with Crippen LogP contribution in [0.5, 0.6) is 17.2 Å². The first-order chi connectivity index (χ1) is 16.0. The summed E-state index contributed by atoms with van der Waals surface area (Å²) in [4.78, 5) is 28.5. The summed E-state index contributed by atoms with van der Waals surface area (Å²) in [5, 5.41) is 2.95. The third kappa shape index (κ3) is 2.81. The van der Waals surface area contributed by atoms with E-state index in [1.165, 1.54) is 0 Å². The third-order valence-electron chi connectivity index (χ3n) is 6.60. The Morgan fingerprint density at radius 3 is 2.58 bits per heavy atom. The minimum Gasteiger partial charge on any atom is -0.491 e. The molecule has 0 aliphatic carbocycles. The van der Waals surface area contributed by atoms with Crippen molar-refractivity contribution < 1.29 is 23.8 Å². The van der Waals surface area contributed by atoms with Gasteiger partial charge in [-0.3, -0.25) is 9.59 Å². The van der Waals surface area contributed by atoms with Crippen molar-refractivity contribution >= 4 is 23.2 Å².